The molecule has 20 heavy (non-hydrogen) atoms. The Morgan fingerprint density at radius 1 is 1.55 bits per heavy atom. The first-order valence-electron chi connectivity index (χ1n) is 7.01. The van der Waals surface area contributed by atoms with E-state index in [1.165, 1.54) is 0 Å². The Morgan fingerprint density at radius 2 is 2.35 bits per heavy atom. The summed E-state index contributed by atoms with van der Waals surface area (Å²) in [5, 5.41) is 2.91. The molecule has 5 nitrogen and oxygen atoms in total. The van der Waals surface area contributed by atoms with Crippen molar-refractivity contribution in [1.29, 1.82) is 0 Å². The van der Waals surface area contributed by atoms with Gasteiger partial charge in [0.1, 0.15) is 0 Å². The van der Waals surface area contributed by atoms with Crippen molar-refractivity contribution in [3.05, 3.63) is 29.8 Å². The van der Waals surface area contributed by atoms with E-state index in [2.05, 4.69) is 17.1 Å². The lowest BCUT2D eigenvalue weighted by Gasteiger charge is -2.25. The van der Waals surface area contributed by atoms with E-state index in [9.17, 15) is 4.79 Å². The Bertz CT molecular complexity index is 464. The SMILES string of the molecule is CC1OCCC1N(C)CC(=O)Nc1cccc(CN)c1. The summed E-state index contributed by atoms with van der Waals surface area (Å²) < 4.78 is 5.53. The van der Waals surface area contributed by atoms with Crippen LogP contribution in [0.4, 0.5) is 5.69 Å². The summed E-state index contributed by atoms with van der Waals surface area (Å²) in [4.78, 5) is 14.1. The smallest absolute Gasteiger partial charge is 0.238 e. The molecule has 0 aromatic heterocycles. The summed E-state index contributed by atoms with van der Waals surface area (Å²) in [5.74, 6) is -0.0132. The van der Waals surface area contributed by atoms with Gasteiger partial charge in [-0.15, -0.1) is 0 Å². The van der Waals surface area contributed by atoms with Crippen molar-refractivity contribution < 1.29 is 9.53 Å². The van der Waals surface area contributed by atoms with Gasteiger partial charge in [0.15, 0.2) is 0 Å². The topological polar surface area (TPSA) is 67.6 Å². The molecule has 1 amide bonds. The first kappa shape index (κ1) is 15.0. The molecule has 5 heteroatoms. The number of rotatable bonds is 5. The van der Waals surface area contributed by atoms with Crippen LogP contribution in [-0.2, 0) is 16.1 Å². The quantitative estimate of drug-likeness (QED) is 0.848. The highest BCUT2D eigenvalue weighted by Crippen LogP contribution is 2.18. The minimum Gasteiger partial charge on any atom is -0.377 e. The van der Waals surface area contributed by atoms with Crippen molar-refractivity contribution in [1.82, 2.24) is 4.90 Å². The number of nitrogens with zero attached hydrogens (tertiary/aromatic N) is 1. The molecule has 2 rings (SSSR count). The largest absolute Gasteiger partial charge is 0.377 e. The van der Waals surface area contributed by atoms with E-state index in [1.807, 2.05) is 31.3 Å². The number of hydrogen-bond donors (Lipinski definition) is 2. The molecular formula is C15H23N3O2. The first-order valence-corrected chi connectivity index (χ1v) is 7.01. The van der Waals surface area contributed by atoms with Crippen LogP contribution in [0.5, 0.6) is 0 Å². The Labute approximate surface area is 120 Å². The van der Waals surface area contributed by atoms with E-state index in [1.54, 1.807) is 0 Å². The number of carbonyl (C=O) groups is 1. The maximum Gasteiger partial charge on any atom is 0.238 e. The fourth-order valence-electron chi connectivity index (χ4n) is 2.62. The van der Waals surface area contributed by atoms with Crippen LogP contribution in [0.1, 0.15) is 18.9 Å². The van der Waals surface area contributed by atoms with Crippen LogP contribution >= 0.6 is 0 Å². The van der Waals surface area contributed by atoms with Gasteiger partial charge in [-0.1, -0.05) is 12.1 Å². The molecule has 1 heterocycles. The van der Waals surface area contributed by atoms with Crippen LogP contribution in [0.2, 0.25) is 0 Å². The van der Waals surface area contributed by atoms with Crippen LogP contribution in [0.25, 0.3) is 0 Å². The van der Waals surface area contributed by atoms with Crippen molar-refractivity contribution >= 4 is 11.6 Å². The lowest BCUT2D eigenvalue weighted by molar-refractivity contribution is -0.117. The average Bonchev–Trinajstić information content (AvgIpc) is 2.85. The van der Waals surface area contributed by atoms with E-state index in [4.69, 9.17) is 10.5 Å². The number of hydrogen-bond acceptors (Lipinski definition) is 4. The second-order valence-electron chi connectivity index (χ2n) is 5.30. The van der Waals surface area contributed by atoms with Gasteiger partial charge in [0.05, 0.1) is 12.6 Å². The summed E-state index contributed by atoms with van der Waals surface area (Å²) in [7, 11) is 1.96. The number of amides is 1. The van der Waals surface area contributed by atoms with E-state index in [0.717, 1.165) is 24.3 Å². The maximum absolute atomic E-state index is 12.1. The molecule has 1 aromatic carbocycles. The van der Waals surface area contributed by atoms with Crippen LogP contribution in [-0.4, -0.2) is 43.2 Å². The zero-order valence-electron chi connectivity index (χ0n) is 12.1. The number of benzene rings is 1. The highest BCUT2D eigenvalue weighted by Gasteiger charge is 2.28. The van der Waals surface area contributed by atoms with Gasteiger partial charge in [0.25, 0.3) is 0 Å². The zero-order valence-corrected chi connectivity index (χ0v) is 12.1. The molecule has 0 saturated carbocycles. The maximum atomic E-state index is 12.1. The Balaban J connectivity index is 1.88. The summed E-state index contributed by atoms with van der Waals surface area (Å²) >= 11 is 0. The standard InChI is InChI=1S/C15H23N3O2/c1-11-14(6-7-20-11)18(2)10-15(19)17-13-5-3-4-12(8-13)9-16/h3-5,8,11,14H,6-7,9-10,16H2,1-2H3,(H,17,19). The molecule has 0 radical (unpaired) electrons. The van der Waals surface area contributed by atoms with Crippen molar-refractivity contribution in [2.45, 2.75) is 32.0 Å². The Morgan fingerprint density at radius 3 is 3.00 bits per heavy atom. The number of likely N-dealkylation sites (N-methyl/N-ethyl adjacent to an activating group) is 1. The van der Waals surface area contributed by atoms with Gasteiger partial charge in [-0.3, -0.25) is 9.69 Å². The number of carbonyl (C=O) groups excluding carboxylic acids is 1. The number of ether oxygens (including phenoxy) is 1. The van der Waals surface area contributed by atoms with Gasteiger partial charge in [0, 0.05) is 24.9 Å². The van der Waals surface area contributed by atoms with Crippen molar-refractivity contribution in [2.75, 3.05) is 25.5 Å². The molecule has 1 aliphatic heterocycles. The second kappa shape index (κ2) is 6.83. The molecule has 1 fully saturated rings. The normalized spacial score (nSPS) is 22.2. The highest BCUT2D eigenvalue weighted by molar-refractivity contribution is 5.92. The van der Waals surface area contributed by atoms with E-state index in [0.29, 0.717) is 19.1 Å². The zero-order chi connectivity index (χ0) is 14.5. The molecule has 1 saturated heterocycles. The van der Waals surface area contributed by atoms with Crippen LogP contribution in [0.15, 0.2) is 24.3 Å². The fraction of sp³-hybridized carbons (Fsp3) is 0.533. The van der Waals surface area contributed by atoms with Crippen molar-refractivity contribution in [3.63, 3.8) is 0 Å². The molecule has 110 valence electrons. The van der Waals surface area contributed by atoms with Gasteiger partial charge in [-0.05, 0) is 38.1 Å². The highest BCUT2D eigenvalue weighted by atomic mass is 16.5. The molecule has 0 aliphatic carbocycles. The van der Waals surface area contributed by atoms with Gasteiger partial charge in [-0.2, -0.15) is 0 Å². The monoisotopic (exact) mass is 277 g/mol. The fourth-order valence-corrected chi connectivity index (χ4v) is 2.62. The predicted molar refractivity (Wildman–Crippen MR) is 79.4 cm³/mol. The molecule has 2 unspecified atom stereocenters. The number of nitrogens with two attached hydrogens (primary N) is 1. The van der Waals surface area contributed by atoms with Crippen LogP contribution < -0.4 is 11.1 Å². The van der Waals surface area contributed by atoms with E-state index in [-0.39, 0.29) is 12.0 Å². The second-order valence-corrected chi connectivity index (χ2v) is 5.30. The molecule has 1 aromatic rings. The van der Waals surface area contributed by atoms with E-state index >= 15 is 0 Å². The van der Waals surface area contributed by atoms with Gasteiger partial charge in [-0.25, -0.2) is 0 Å². The van der Waals surface area contributed by atoms with Gasteiger partial charge in [0.2, 0.25) is 5.91 Å². The van der Waals surface area contributed by atoms with E-state index < -0.39 is 0 Å². The van der Waals surface area contributed by atoms with Gasteiger partial charge < -0.3 is 15.8 Å². The molecular weight excluding hydrogens is 254 g/mol. The Kier molecular flexibility index (Phi) is 5.11. The van der Waals surface area contributed by atoms with Gasteiger partial charge >= 0.3 is 0 Å². The summed E-state index contributed by atoms with van der Waals surface area (Å²) in [5.41, 5.74) is 7.40. The molecule has 0 bridgehead atoms. The van der Waals surface area contributed by atoms with Crippen molar-refractivity contribution in [3.8, 4) is 0 Å². The third kappa shape index (κ3) is 3.79. The summed E-state index contributed by atoms with van der Waals surface area (Å²) in [6, 6.07) is 7.93. The third-order valence-corrected chi connectivity index (χ3v) is 3.74. The molecule has 0 spiro atoms. The lowest BCUT2D eigenvalue weighted by Crippen LogP contribution is -2.41. The molecule has 1 aliphatic rings. The minimum atomic E-state index is -0.0132. The molecule has 3 N–H and O–H groups in total. The lowest BCUT2D eigenvalue weighted by atomic mass is 10.1. The summed E-state index contributed by atoms with van der Waals surface area (Å²) in [6.45, 7) is 3.67. The molecule has 2 atom stereocenters. The summed E-state index contributed by atoms with van der Waals surface area (Å²) in [6.07, 6.45) is 1.17. The predicted octanol–water partition coefficient (Wildman–Crippen LogP) is 1.19. The van der Waals surface area contributed by atoms with Crippen LogP contribution in [0.3, 0.4) is 0 Å². The number of anilines is 1. The number of nitrogens with one attached hydrogen (secondary N) is 1. The Hall–Kier alpha value is -1.43. The third-order valence-electron chi connectivity index (χ3n) is 3.74. The van der Waals surface area contributed by atoms with Crippen LogP contribution in [0, 0.1) is 0 Å². The van der Waals surface area contributed by atoms with Crippen molar-refractivity contribution in [2.24, 2.45) is 5.73 Å². The minimum absolute atomic E-state index is 0.0132. The average molecular weight is 277 g/mol. The first-order chi connectivity index (χ1) is 9.60.